The van der Waals surface area contributed by atoms with Crippen molar-refractivity contribution in [3.05, 3.63) is 92.2 Å². The first-order valence-corrected chi connectivity index (χ1v) is 12.2. The van der Waals surface area contributed by atoms with Crippen molar-refractivity contribution < 1.29 is 22.8 Å². The molecule has 6 nitrogen and oxygen atoms in total. The first-order valence-electron chi connectivity index (χ1n) is 11.0. The molecular weight excluding hydrogens is 552 g/mol. The molecule has 0 spiro atoms. The van der Waals surface area contributed by atoms with Crippen molar-refractivity contribution in [1.29, 1.82) is 0 Å². The lowest BCUT2D eigenvalue weighted by molar-refractivity contribution is -0.275. The van der Waals surface area contributed by atoms with Crippen LogP contribution in [0.4, 0.5) is 13.2 Å². The van der Waals surface area contributed by atoms with E-state index < -0.39 is 18.2 Å². The van der Waals surface area contributed by atoms with Gasteiger partial charge in [0.2, 0.25) is 5.96 Å². The normalized spacial score (nSPS) is 19.3. The number of amides is 1. The van der Waals surface area contributed by atoms with Crippen LogP contribution in [-0.4, -0.2) is 35.2 Å². The predicted molar refractivity (Wildman–Crippen MR) is 138 cm³/mol. The van der Waals surface area contributed by atoms with Crippen molar-refractivity contribution in [2.75, 3.05) is 6.54 Å². The number of guanidine groups is 1. The Kier molecular flexibility index (Phi) is 7.60. The molecule has 0 radical (unpaired) electrons. The van der Waals surface area contributed by atoms with Gasteiger partial charge in [-0.25, -0.2) is 4.99 Å². The highest BCUT2D eigenvalue weighted by atomic mass is 35.5. The summed E-state index contributed by atoms with van der Waals surface area (Å²) in [6.45, 7) is 3.78. The number of aryl methyl sites for hydroxylation is 1. The van der Waals surface area contributed by atoms with Gasteiger partial charge in [-0.3, -0.25) is 9.69 Å². The fourth-order valence-electron chi connectivity index (χ4n) is 4.01. The van der Waals surface area contributed by atoms with Crippen molar-refractivity contribution in [1.82, 2.24) is 10.2 Å². The zero-order valence-corrected chi connectivity index (χ0v) is 21.8. The molecule has 2 heterocycles. The highest BCUT2D eigenvalue weighted by Crippen LogP contribution is 2.49. The van der Waals surface area contributed by atoms with E-state index in [0.717, 1.165) is 12.1 Å². The molecule has 2 aliphatic heterocycles. The highest BCUT2D eigenvalue weighted by molar-refractivity contribution is 6.34. The molecule has 0 bridgehead atoms. The molecule has 2 aromatic rings. The van der Waals surface area contributed by atoms with Gasteiger partial charge in [0.1, 0.15) is 0 Å². The van der Waals surface area contributed by atoms with Crippen molar-refractivity contribution in [2.24, 2.45) is 10.1 Å². The number of oxime groups is 1. The van der Waals surface area contributed by atoms with Crippen LogP contribution in [0.25, 0.3) is 0 Å². The predicted octanol–water partition coefficient (Wildman–Crippen LogP) is 6.90. The van der Waals surface area contributed by atoms with Gasteiger partial charge >= 0.3 is 6.18 Å². The number of carbonyl (C=O) groups excluding carboxylic acids is 1. The minimum atomic E-state index is -4.81. The van der Waals surface area contributed by atoms with E-state index in [0.29, 0.717) is 28.3 Å². The molecule has 2 aromatic carbocycles. The molecule has 1 amide bonds. The Morgan fingerprint density at radius 2 is 1.86 bits per heavy atom. The summed E-state index contributed by atoms with van der Waals surface area (Å²) in [5.41, 5.74) is -1.65. The zero-order chi connectivity index (χ0) is 27.0. The third-order valence-electron chi connectivity index (χ3n) is 5.89. The Bertz CT molecular complexity index is 1350. The van der Waals surface area contributed by atoms with E-state index in [4.69, 9.17) is 39.6 Å². The van der Waals surface area contributed by atoms with Gasteiger partial charge in [0.15, 0.2) is 0 Å². The molecule has 1 unspecified atom stereocenters. The van der Waals surface area contributed by atoms with Gasteiger partial charge in [-0.15, -0.1) is 0 Å². The maximum absolute atomic E-state index is 14.3. The van der Waals surface area contributed by atoms with Gasteiger partial charge in [0.05, 0.1) is 10.7 Å². The van der Waals surface area contributed by atoms with Crippen LogP contribution in [0.2, 0.25) is 10.0 Å². The number of alkyl halides is 3. The van der Waals surface area contributed by atoms with E-state index in [1.54, 1.807) is 32.2 Å². The summed E-state index contributed by atoms with van der Waals surface area (Å²) in [6, 6.07) is 8.33. The van der Waals surface area contributed by atoms with Crippen LogP contribution in [0.5, 0.6) is 0 Å². The summed E-state index contributed by atoms with van der Waals surface area (Å²) >= 11 is 17.9. The molecule has 2 aliphatic rings. The Morgan fingerprint density at radius 1 is 1.16 bits per heavy atom. The lowest BCUT2D eigenvalue weighted by atomic mass is 9.86. The molecule has 4 rings (SSSR count). The van der Waals surface area contributed by atoms with Gasteiger partial charge in [0.25, 0.3) is 11.5 Å². The van der Waals surface area contributed by atoms with Crippen LogP contribution in [0, 0.1) is 6.92 Å². The number of benzene rings is 2. The zero-order valence-electron chi connectivity index (χ0n) is 19.5. The minimum absolute atomic E-state index is 0.0448. The van der Waals surface area contributed by atoms with E-state index in [-0.39, 0.29) is 33.2 Å². The molecule has 0 saturated carbocycles. The number of aliphatic imine (C=N–C) groups is 1. The van der Waals surface area contributed by atoms with Crippen LogP contribution < -0.4 is 5.32 Å². The fourth-order valence-corrected chi connectivity index (χ4v) is 4.65. The van der Waals surface area contributed by atoms with Crippen LogP contribution in [0.15, 0.2) is 70.1 Å². The number of hydrogen-bond donors (Lipinski definition) is 1. The van der Waals surface area contributed by atoms with Crippen molar-refractivity contribution >= 4 is 52.4 Å². The highest BCUT2D eigenvalue weighted by Gasteiger charge is 2.62. The van der Waals surface area contributed by atoms with E-state index in [2.05, 4.69) is 15.5 Å². The van der Waals surface area contributed by atoms with E-state index in [9.17, 15) is 18.0 Å². The van der Waals surface area contributed by atoms with Gasteiger partial charge in [-0.2, -0.15) is 13.2 Å². The first kappa shape index (κ1) is 27.0. The molecule has 0 fully saturated rings. The maximum Gasteiger partial charge on any atom is 0.435 e. The number of nitrogens with one attached hydrogen (secondary N) is 1. The summed E-state index contributed by atoms with van der Waals surface area (Å²) in [7, 11) is 0. The minimum Gasteiger partial charge on any atom is -0.374 e. The average molecular weight is 572 g/mol. The second kappa shape index (κ2) is 10.4. The molecular formula is C25H20Cl3F3N4O2. The van der Waals surface area contributed by atoms with Crippen LogP contribution in [-0.2, 0) is 10.4 Å². The molecule has 37 heavy (non-hydrogen) atoms. The number of nitrogens with zero attached hydrogens (tertiary/aromatic N) is 3. The van der Waals surface area contributed by atoms with Crippen LogP contribution in [0.3, 0.4) is 0 Å². The second-order valence-electron chi connectivity index (χ2n) is 8.31. The van der Waals surface area contributed by atoms with Crippen LogP contribution in [0.1, 0.15) is 40.4 Å². The van der Waals surface area contributed by atoms with E-state index in [1.165, 1.54) is 29.3 Å². The molecule has 1 atom stereocenters. The molecule has 0 aliphatic carbocycles. The Balaban J connectivity index is 1.62. The van der Waals surface area contributed by atoms with Crippen molar-refractivity contribution in [3.63, 3.8) is 0 Å². The van der Waals surface area contributed by atoms with Gasteiger partial charge < -0.3 is 10.2 Å². The maximum atomic E-state index is 14.3. The third kappa shape index (κ3) is 5.35. The second-order valence-corrected chi connectivity index (χ2v) is 9.62. The summed E-state index contributed by atoms with van der Waals surface area (Å²) in [5, 5.41) is 7.17. The molecule has 194 valence electrons. The van der Waals surface area contributed by atoms with Crippen LogP contribution >= 0.6 is 34.8 Å². The van der Waals surface area contributed by atoms with Crippen molar-refractivity contribution in [3.8, 4) is 0 Å². The Morgan fingerprint density at radius 3 is 2.49 bits per heavy atom. The van der Waals surface area contributed by atoms with Gasteiger partial charge in [-0.05, 0) is 61.4 Å². The van der Waals surface area contributed by atoms with Crippen molar-refractivity contribution in [2.45, 2.75) is 32.0 Å². The number of halogens is 6. The standard InChI is InChI=1S/C25H20Cl3F3N4O2/c1-3-35(23-32-7-6-17(26)13-33-23)22(36)20-5-4-15(8-14(20)2)21-12-24(37-34-21,25(29,30)31)16-9-18(27)11-19(28)10-16/h4-11,13H,3,12H2,1-2H3,(H,32,33). The Labute approximate surface area is 226 Å². The number of allylic oxidation sites excluding steroid dienone is 2. The lowest BCUT2D eigenvalue weighted by Crippen LogP contribution is -2.43. The Hall–Kier alpha value is -3.01. The summed E-state index contributed by atoms with van der Waals surface area (Å²) in [5.74, 6) is -0.0629. The summed E-state index contributed by atoms with van der Waals surface area (Å²) in [4.78, 5) is 24.0. The largest absolute Gasteiger partial charge is 0.435 e. The van der Waals surface area contributed by atoms with E-state index >= 15 is 0 Å². The first-order chi connectivity index (χ1) is 17.4. The molecule has 1 N–H and O–H groups in total. The van der Waals surface area contributed by atoms with Gasteiger partial charge in [0, 0.05) is 46.5 Å². The fraction of sp³-hybridized carbons (Fsp3) is 0.240. The number of hydrogen-bond acceptors (Lipinski definition) is 5. The summed E-state index contributed by atoms with van der Waals surface area (Å²) < 4.78 is 42.9. The molecule has 0 saturated heterocycles. The number of carbonyl (C=O) groups is 1. The molecule has 12 heteroatoms. The smallest absolute Gasteiger partial charge is 0.374 e. The monoisotopic (exact) mass is 570 g/mol. The average Bonchev–Trinajstić information content (AvgIpc) is 3.19. The van der Waals surface area contributed by atoms with Gasteiger partial charge in [-0.1, -0.05) is 46.0 Å². The molecule has 0 aromatic heterocycles. The SMILES string of the molecule is CCN(C(=O)c1ccc(C2=NOC(c3cc(Cl)cc(Cl)c3)(C(F)(F)F)C2)cc1C)C1=NC=C(Cl)C=CN1. The third-order valence-corrected chi connectivity index (χ3v) is 6.55. The van der Waals surface area contributed by atoms with E-state index in [1.807, 2.05) is 0 Å². The summed E-state index contributed by atoms with van der Waals surface area (Å²) in [6.07, 6.45) is -0.830. The topological polar surface area (TPSA) is 66.3 Å². The lowest BCUT2D eigenvalue weighted by Gasteiger charge is -2.29. The number of rotatable bonds is 4. The quantitative estimate of drug-likeness (QED) is 0.434.